The summed E-state index contributed by atoms with van der Waals surface area (Å²) >= 11 is 0. The Morgan fingerprint density at radius 2 is 1.93 bits per heavy atom. The second-order valence-corrected chi connectivity index (χ2v) is 7.18. The Hall–Kier alpha value is -2.93. The van der Waals surface area contributed by atoms with Crippen molar-refractivity contribution < 1.29 is 14.3 Å². The number of aliphatic hydroxyl groups excluding tert-OH is 1. The number of aliphatic hydroxyl groups is 1. The van der Waals surface area contributed by atoms with Crippen LogP contribution in [0, 0.1) is 12.8 Å². The van der Waals surface area contributed by atoms with Crippen molar-refractivity contribution >= 4 is 22.5 Å². The Morgan fingerprint density at radius 3 is 2.61 bits per heavy atom. The van der Waals surface area contributed by atoms with Crippen molar-refractivity contribution in [2.24, 2.45) is 5.92 Å². The molecular weight excluding hydrogens is 359 g/mol. The van der Waals surface area contributed by atoms with E-state index >= 15 is 0 Å². The normalized spacial score (nSPS) is 19.4. The summed E-state index contributed by atoms with van der Waals surface area (Å²) in [6.45, 7) is 3.87. The van der Waals surface area contributed by atoms with E-state index in [9.17, 15) is 14.3 Å². The van der Waals surface area contributed by atoms with Gasteiger partial charge in [-0.15, -0.1) is 0 Å². The summed E-state index contributed by atoms with van der Waals surface area (Å²) in [5, 5.41) is 14.3. The van der Waals surface area contributed by atoms with E-state index in [1.54, 1.807) is 24.7 Å². The second-order valence-electron chi connectivity index (χ2n) is 7.18. The highest BCUT2D eigenvalue weighted by Gasteiger charge is 2.43. The SMILES string of the molecule is CC[C@H](O)c1cc(C)c(-c2cc3cnc(NC(=O)[C@@H]4C[C@@H]4F)cc3cn2)cn1. The Bertz CT molecular complexity index is 1060. The van der Waals surface area contributed by atoms with Gasteiger partial charge in [0.2, 0.25) is 5.91 Å². The van der Waals surface area contributed by atoms with Gasteiger partial charge in [0.25, 0.3) is 0 Å². The molecule has 28 heavy (non-hydrogen) atoms. The maximum absolute atomic E-state index is 13.0. The van der Waals surface area contributed by atoms with E-state index in [2.05, 4.69) is 20.3 Å². The largest absolute Gasteiger partial charge is 0.387 e. The third-order valence-electron chi connectivity index (χ3n) is 5.04. The lowest BCUT2D eigenvalue weighted by Gasteiger charge is -2.11. The fourth-order valence-electron chi connectivity index (χ4n) is 3.14. The molecular formula is C21H21FN4O2. The van der Waals surface area contributed by atoms with Gasteiger partial charge in [-0.05, 0) is 43.5 Å². The van der Waals surface area contributed by atoms with Crippen LogP contribution in [0.5, 0.6) is 0 Å². The highest BCUT2D eigenvalue weighted by Crippen LogP contribution is 2.34. The fraction of sp³-hybridized carbons (Fsp3) is 0.333. The van der Waals surface area contributed by atoms with Crippen molar-refractivity contribution in [3.8, 4) is 11.3 Å². The lowest BCUT2D eigenvalue weighted by atomic mass is 10.0. The number of alkyl halides is 1. The number of pyridine rings is 3. The number of halogens is 1. The molecule has 0 spiro atoms. The summed E-state index contributed by atoms with van der Waals surface area (Å²) in [6, 6.07) is 5.51. The van der Waals surface area contributed by atoms with E-state index in [4.69, 9.17) is 0 Å². The first-order valence-electron chi connectivity index (χ1n) is 9.32. The molecule has 6 nitrogen and oxygen atoms in total. The molecule has 3 heterocycles. The van der Waals surface area contributed by atoms with Crippen LogP contribution in [0.25, 0.3) is 22.0 Å². The standard InChI is InChI=1S/C21H21FN4O2/c1-3-19(27)18-4-11(2)15(10-24-18)17-5-12-9-25-20(6-13(12)8-23-17)26-21(28)14-7-16(14)22/h4-6,8-10,14,16,19,27H,3,7H2,1-2H3,(H,25,26,28)/t14-,16+,19+/m1/s1. The number of amides is 1. The molecule has 1 saturated carbocycles. The van der Waals surface area contributed by atoms with Gasteiger partial charge in [0.1, 0.15) is 12.0 Å². The Labute approximate surface area is 161 Å². The average molecular weight is 380 g/mol. The molecule has 1 aliphatic rings. The highest BCUT2D eigenvalue weighted by molar-refractivity contribution is 5.96. The molecule has 0 aliphatic heterocycles. The van der Waals surface area contributed by atoms with Crippen molar-refractivity contribution in [2.75, 3.05) is 5.32 Å². The topological polar surface area (TPSA) is 88.0 Å². The molecule has 2 N–H and O–H groups in total. The first-order chi connectivity index (χ1) is 13.5. The third-order valence-corrected chi connectivity index (χ3v) is 5.04. The van der Waals surface area contributed by atoms with Crippen molar-refractivity contribution in [3.05, 3.63) is 48.0 Å². The number of rotatable bonds is 5. The predicted molar refractivity (Wildman–Crippen MR) is 104 cm³/mol. The zero-order valence-electron chi connectivity index (χ0n) is 15.7. The zero-order chi connectivity index (χ0) is 19.8. The lowest BCUT2D eigenvalue weighted by Crippen LogP contribution is -2.15. The molecule has 4 rings (SSSR count). The second kappa shape index (κ2) is 7.24. The van der Waals surface area contributed by atoms with Gasteiger partial charge in [-0.1, -0.05) is 6.92 Å². The first-order valence-corrected chi connectivity index (χ1v) is 9.32. The van der Waals surface area contributed by atoms with Crippen molar-refractivity contribution in [1.29, 1.82) is 0 Å². The van der Waals surface area contributed by atoms with Gasteiger partial charge in [0, 0.05) is 34.9 Å². The monoisotopic (exact) mass is 380 g/mol. The van der Waals surface area contributed by atoms with Crippen LogP contribution in [0.1, 0.15) is 37.1 Å². The van der Waals surface area contributed by atoms with Crippen LogP contribution in [0.2, 0.25) is 0 Å². The Balaban J connectivity index is 1.60. The number of fused-ring (bicyclic) bond motifs is 1. The number of carbonyl (C=O) groups excluding carboxylic acids is 1. The van der Waals surface area contributed by atoms with E-state index in [0.717, 1.165) is 27.6 Å². The molecule has 144 valence electrons. The molecule has 1 amide bonds. The number of anilines is 1. The Morgan fingerprint density at radius 1 is 1.21 bits per heavy atom. The van der Waals surface area contributed by atoms with Gasteiger partial charge in [0.15, 0.2) is 0 Å². The van der Waals surface area contributed by atoms with E-state index in [1.807, 2.05) is 26.0 Å². The predicted octanol–water partition coefficient (Wildman–Crippen LogP) is 3.74. The minimum Gasteiger partial charge on any atom is -0.387 e. The van der Waals surface area contributed by atoms with Crippen molar-refractivity contribution in [1.82, 2.24) is 15.0 Å². The number of aromatic nitrogens is 3. The number of hydrogen-bond acceptors (Lipinski definition) is 5. The van der Waals surface area contributed by atoms with Crippen LogP contribution in [0.3, 0.4) is 0 Å². The molecule has 0 bridgehead atoms. The van der Waals surface area contributed by atoms with Gasteiger partial charge in [0.05, 0.1) is 23.4 Å². The first kappa shape index (κ1) is 18.4. The molecule has 3 aromatic rings. The quantitative estimate of drug-likeness (QED) is 0.704. The van der Waals surface area contributed by atoms with Crippen LogP contribution in [-0.2, 0) is 4.79 Å². The van der Waals surface area contributed by atoms with Gasteiger partial charge in [-0.3, -0.25) is 14.8 Å². The lowest BCUT2D eigenvalue weighted by molar-refractivity contribution is -0.117. The number of hydrogen-bond donors (Lipinski definition) is 2. The smallest absolute Gasteiger partial charge is 0.231 e. The van der Waals surface area contributed by atoms with E-state index in [-0.39, 0.29) is 12.3 Å². The summed E-state index contributed by atoms with van der Waals surface area (Å²) in [5.41, 5.74) is 3.27. The Kier molecular flexibility index (Phi) is 4.77. The molecule has 3 atom stereocenters. The summed E-state index contributed by atoms with van der Waals surface area (Å²) in [7, 11) is 0. The van der Waals surface area contributed by atoms with Crippen LogP contribution in [0.4, 0.5) is 10.2 Å². The van der Waals surface area contributed by atoms with Crippen molar-refractivity contribution in [3.63, 3.8) is 0 Å². The van der Waals surface area contributed by atoms with Crippen LogP contribution in [0.15, 0.2) is 36.8 Å². The molecule has 0 radical (unpaired) electrons. The maximum atomic E-state index is 13.0. The van der Waals surface area contributed by atoms with Crippen molar-refractivity contribution in [2.45, 2.75) is 39.0 Å². The number of nitrogens with one attached hydrogen (secondary N) is 1. The molecule has 3 aromatic heterocycles. The van der Waals surface area contributed by atoms with Gasteiger partial charge < -0.3 is 10.4 Å². The summed E-state index contributed by atoms with van der Waals surface area (Å²) in [4.78, 5) is 25.0. The molecule has 0 saturated heterocycles. The third kappa shape index (κ3) is 3.57. The van der Waals surface area contributed by atoms with E-state index < -0.39 is 18.2 Å². The average Bonchev–Trinajstić information content (AvgIpc) is 3.43. The number of aryl methyl sites for hydroxylation is 1. The molecule has 0 unspecified atom stereocenters. The van der Waals surface area contributed by atoms with E-state index in [1.165, 1.54) is 0 Å². The zero-order valence-corrected chi connectivity index (χ0v) is 15.7. The summed E-state index contributed by atoms with van der Waals surface area (Å²) in [6.07, 6.45) is 4.38. The summed E-state index contributed by atoms with van der Waals surface area (Å²) in [5.74, 6) is -0.496. The molecule has 1 aliphatic carbocycles. The minimum atomic E-state index is -1.04. The maximum Gasteiger partial charge on any atom is 0.231 e. The molecule has 7 heteroatoms. The van der Waals surface area contributed by atoms with Crippen LogP contribution < -0.4 is 5.32 Å². The fourth-order valence-corrected chi connectivity index (χ4v) is 3.14. The van der Waals surface area contributed by atoms with Crippen LogP contribution >= 0.6 is 0 Å². The van der Waals surface area contributed by atoms with Gasteiger partial charge in [-0.2, -0.15) is 0 Å². The summed E-state index contributed by atoms with van der Waals surface area (Å²) < 4.78 is 13.0. The number of carbonyl (C=O) groups is 1. The van der Waals surface area contributed by atoms with Gasteiger partial charge in [-0.25, -0.2) is 9.37 Å². The highest BCUT2D eigenvalue weighted by atomic mass is 19.1. The minimum absolute atomic E-state index is 0.284. The molecule has 1 fully saturated rings. The van der Waals surface area contributed by atoms with E-state index in [0.29, 0.717) is 17.9 Å². The number of nitrogens with zero attached hydrogens (tertiary/aromatic N) is 3. The van der Waals surface area contributed by atoms with Gasteiger partial charge >= 0.3 is 0 Å². The molecule has 0 aromatic carbocycles. The van der Waals surface area contributed by atoms with Crippen LogP contribution in [-0.4, -0.2) is 32.1 Å².